The highest BCUT2D eigenvalue weighted by atomic mass is 16.5. The maximum atomic E-state index is 12.7. The van der Waals surface area contributed by atoms with Crippen molar-refractivity contribution in [3.05, 3.63) is 52.6 Å². The van der Waals surface area contributed by atoms with Gasteiger partial charge in [0.2, 0.25) is 0 Å². The largest absolute Gasteiger partial charge is 0.497 e. The van der Waals surface area contributed by atoms with Crippen LogP contribution in [-0.2, 0) is 4.79 Å². The Morgan fingerprint density at radius 3 is 2.30 bits per heavy atom. The molecule has 0 aromatic heterocycles. The van der Waals surface area contributed by atoms with Gasteiger partial charge in [0.25, 0.3) is 5.91 Å². The van der Waals surface area contributed by atoms with Crippen LogP contribution < -0.4 is 19.5 Å². The molecule has 0 heterocycles. The number of ether oxygens (including phenoxy) is 3. The predicted molar refractivity (Wildman–Crippen MR) is 107 cm³/mol. The van der Waals surface area contributed by atoms with Gasteiger partial charge in [-0.3, -0.25) is 4.79 Å². The van der Waals surface area contributed by atoms with Crippen molar-refractivity contribution in [1.82, 2.24) is 5.32 Å². The zero-order chi connectivity index (χ0) is 20.1. The molecule has 5 nitrogen and oxygen atoms in total. The topological polar surface area (TPSA) is 56.8 Å². The number of nitrogens with one attached hydrogen (secondary N) is 1. The number of carbonyl (C=O) groups excluding carboxylic acids is 1. The Bertz CT molecular complexity index is 816. The second-order valence-corrected chi connectivity index (χ2v) is 6.80. The van der Waals surface area contributed by atoms with Gasteiger partial charge in [0.1, 0.15) is 17.2 Å². The van der Waals surface area contributed by atoms with Crippen LogP contribution in [0.25, 0.3) is 0 Å². The fraction of sp³-hybridized carbons (Fsp3) is 0.409. The average molecular weight is 371 g/mol. The van der Waals surface area contributed by atoms with Gasteiger partial charge in [0.15, 0.2) is 6.10 Å². The van der Waals surface area contributed by atoms with Crippen molar-refractivity contribution in [3.63, 3.8) is 0 Å². The Labute approximate surface area is 161 Å². The summed E-state index contributed by atoms with van der Waals surface area (Å²) in [7, 11) is 3.21. The van der Waals surface area contributed by atoms with Gasteiger partial charge in [-0.15, -0.1) is 0 Å². The molecule has 0 unspecified atom stereocenters. The van der Waals surface area contributed by atoms with Crippen LogP contribution in [0, 0.1) is 20.8 Å². The van der Waals surface area contributed by atoms with E-state index >= 15 is 0 Å². The highest BCUT2D eigenvalue weighted by molar-refractivity contribution is 5.81. The molecular weight excluding hydrogens is 342 g/mol. The number of rotatable bonds is 7. The van der Waals surface area contributed by atoms with Crippen molar-refractivity contribution >= 4 is 5.91 Å². The third kappa shape index (κ3) is 4.94. The molecule has 2 aromatic carbocycles. The maximum Gasteiger partial charge on any atom is 0.261 e. The van der Waals surface area contributed by atoms with Crippen LogP contribution >= 0.6 is 0 Å². The molecule has 0 aliphatic rings. The van der Waals surface area contributed by atoms with E-state index in [0.29, 0.717) is 11.5 Å². The quantitative estimate of drug-likeness (QED) is 0.789. The number of carbonyl (C=O) groups is 1. The fourth-order valence-corrected chi connectivity index (χ4v) is 2.95. The molecule has 0 saturated heterocycles. The van der Waals surface area contributed by atoms with E-state index < -0.39 is 6.10 Å². The van der Waals surface area contributed by atoms with Crippen LogP contribution in [0.2, 0.25) is 0 Å². The first-order valence-electron chi connectivity index (χ1n) is 9.03. The van der Waals surface area contributed by atoms with Crippen LogP contribution in [0.3, 0.4) is 0 Å². The zero-order valence-electron chi connectivity index (χ0n) is 17.2. The number of hydrogen-bond acceptors (Lipinski definition) is 4. The van der Waals surface area contributed by atoms with Gasteiger partial charge < -0.3 is 19.5 Å². The molecule has 2 rings (SSSR count). The molecule has 1 N–H and O–H groups in total. The summed E-state index contributed by atoms with van der Waals surface area (Å²) >= 11 is 0. The van der Waals surface area contributed by atoms with Gasteiger partial charge in [-0.05, 0) is 75.6 Å². The second-order valence-electron chi connectivity index (χ2n) is 6.80. The highest BCUT2D eigenvalue weighted by Crippen LogP contribution is 2.29. The SMILES string of the molecule is COc1ccc(OC)c([C@@H](C)NC(=O)[C@@H](C)Oc2cc(C)cc(C)c2C)c1. The lowest BCUT2D eigenvalue weighted by atomic mass is 10.1. The Morgan fingerprint density at radius 2 is 1.67 bits per heavy atom. The molecule has 0 radical (unpaired) electrons. The van der Waals surface area contributed by atoms with Crippen LogP contribution in [0.5, 0.6) is 17.2 Å². The molecule has 5 heteroatoms. The summed E-state index contributed by atoms with van der Waals surface area (Å²) in [4.78, 5) is 12.7. The van der Waals surface area contributed by atoms with Crippen LogP contribution in [0.1, 0.15) is 42.1 Å². The Hall–Kier alpha value is -2.69. The van der Waals surface area contributed by atoms with Gasteiger partial charge in [-0.25, -0.2) is 0 Å². The Balaban J connectivity index is 2.12. The maximum absolute atomic E-state index is 12.7. The van der Waals surface area contributed by atoms with Crippen LogP contribution in [0.4, 0.5) is 0 Å². The lowest BCUT2D eigenvalue weighted by Gasteiger charge is -2.22. The van der Waals surface area contributed by atoms with Crippen molar-refractivity contribution < 1.29 is 19.0 Å². The number of amides is 1. The third-order valence-corrected chi connectivity index (χ3v) is 4.70. The molecule has 0 saturated carbocycles. The number of methoxy groups -OCH3 is 2. The van der Waals surface area contributed by atoms with Gasteiger partial charge in [-0.2, -0.15) is 0 Å². The van der Waals surface area contributed by atoms with E-state index in [2.05, 4.69) is 11.4 Å². The summed E-state index contributed by atoms with van der Waals surface area (Å²) < 4.78 is 16.6. The smallest absolute Gasteiger partial charge is 0.261 e. The average Bonchev–Trinajstić information content (AvgIpc) is 2.64. The molecule has 0 bridgehead atoms. The van der Waals surface area contributed by atoms with Crippen LogP contribution in [0.15, 0.2) is 30.3 Å². The third-order valence-electron chi connectivity index (χ3n) is 4.70. The summed E-state index contributed by atoms with van der Waals surface area (Å²) in [6.45, 7) is 9.71. The normalized spacial score (nSPS) is 12.9. The summed E-state index contributed by atoms with van der Waals surface area (Å²) in [6.07, 6.45) is -0.621. The number of benzene rings is 2. The first kappa shape index (κ1) is 20.6. The van der Waals surface area contributed by atoms with E-state index in [1.165, 1.54) is 0 Å². The highest BCUT2D eigenvalue weighted by Gasteiger charge is 2.21. The molecule has 0 aliphatic heterocycles. The van der Waals surface area contributed by atoms with Gasteiger partial charge in [0.05, 0.1) is 20.3 Å². The van der Waals surface area contributed by atoms with E-state index in [9.17, 15) is 4.79 Å². The zero-order valence-corrected chi connectivity index (χ0v) is 17.2. The Morgan fingerprint density at radius 1 is 0.963 bits per heavy atom. The number of aryl methyl sites for hydroxylation is 2. The molecule has 0 fully saturated rings. The first-order chi connectivity index (χ1) is 12.8. The number of hydrogen-bond donors (Lipinski definition) is 1. The summed E-state index contributed by atoms with van der Waals surface area (Å²) in [6, 6.07) is 9.32. The molecule has 0 aliphatic carbocycles. The van der Waals surface area contributed by atoms with Gasteiger partial charge in [-0.1, -0.05) is 6.07 Å². The Kier molecular flexibility index (Phi) is 6.72. The van der Waals surface area contributed by atoms with E-state index in [4.69, 9.17) is 14.2 Å². The predicted octanol–water partition coefficient (Wildman–Crippen LogP) is 4.27. The van der Waals surface area contributed by atoms with Gasteiger partial charge >= 0.3 is 0 Å². The lowest BCUT2D eigenvalue weighted by molar-refractivity contribution is -0.127. The summed E-state index contributed by atoms with van der Waals surface area (Å²) in [5.74, 6) is 1.96. The molecule has 146 valence electrons. The minimum atomic E-state index is -0.621. The molecule has 0 spiro atoms. The molecule has 1 amide bonds. The monoisotopic (exact) mass is 371 g/mol. The van der Waals surface area contributed by atoms with Crippen molar-refractivity contribution in [3.8, 4) is 17.2 Å². The first-order valence-corrected chi connectivity index (χ1v) is 9.03. The summed E-state index contributed by atoms with van der Waals surface area (Å²) in [5, 5.41) is 2.99. The summed E-state index contributed by atoms with van der Waals surface area (Å²) in [5.41, 5.74) is 4.14. The minimum absolute atomic E-state index is 0.189. The second kappa shape index (κ2) is 8.80. The van der Waals surface area contributed by atoms with Crippen LogP contribution in [-0.4, -0.2) is 26.2 Å². The van der Waals surface area contributed by atoms with Crippen molar-refractivity contribution in [1.29, 1.82) is 0 Å². The lowest BCUT2D eigenvalue weighted by Crippen LogP contribution is -2.38. The molecule has 2 atom stereocenters. The molecule has 27 heavy (non-hydrogen) atoms. The fourth-order valence-electron chi connectivity index (χ4n) is 2.95. The standard InChI is InChI=1S/C22H29NO4/c1-13-10-14(2)15(3)21(11-13)27-17(5)22(24)23-16(4)19-12-18(25-6)8-9-20(19)26-7/h8-12,16-17H,1-7H3,(H,23,24)/t16-,17-/m1/s1. The van der Waals surface area contributed by atoms with Crippen molar-refractivity contribution in [2.75, 3.05) is 14.2 Å². The van der Waals surface area contributed by atoms with E-state index in [1.54, 1.807) is 21.1 Å². The molecular formula is C22H29NO4. The van der Waals surface area contributed by atoms with E-state index in [-0.39, 0.29) is 11.9 Å². The van der Waals surface area contributed by atoms with Crippen molar-refractivity contribution in [2.45, 2.75) is 46.8 Å². The van der Waals surface area contributed by atoms with Gasteiger partial charge in [0, 0.05) is 5.56 Å². The molecule has 2 aromatic rings. The van der Waals surface area contributed by atoms with E-state index in [1.807, 2.05) is 52.0 Å². The minimum Gasteiger partial charge on any atom is -0.497 e. The van der Waals surface area contributed by atoms with Crippen molar-refractivity contribution in [2.24, 2.45) is 0 Å². The van der Waals surface area contributed by atoms with E-state index in [0.717, 1.165) is 28.0 Å².